The molecule has 0 radical (unpaired) electrons. The number of carbonyl (C=O) groups is 1. The maximum Gasteiger partial charge on any atom is 0.488 e. The number of hydrogen-bond donors (Lipinski definition) is 2. The Hall–Kier alpha value is -0.885. The van der Waals surface area contributed by atoms with Crippen molar-refractivity contribution in [3.63, 3.8) is 0 Å². The maximum absolute atomic E-state index is 10.7. The van der Waals surface area contributed by atoms with Crippen LogP contribution in [0.3, 0.4) is 0 Å². The van der Waals surface area contributed by atoms with Gasteiger partial charge >= 0.3 is 13.1 Å². The average molecular weight is 299 g/mol. The summed E-state index contributed by atoms with van der Waals surface area (Å²) in [7, 11) is -1.05. The third kappa shape index (κ3) is 5.43. The average Bonchev–Trinajstić information content (AvgIpc) is 2.75. The topological polar surface area (TPSA) is 79.2 Å². The van der Waals surface area contributed by atoms with Crippen molar-refractivity contribution >= 4 is 13.1 Å². The van der Waals surface area contributed by atoms with E-state index in [-0.39, 0.29) is 5.97 Å². The molecule has 2 N–H and O–H groups in total. The van der Waals surface area contributed by atoms with Crippen molar-refractivity contribution in [1.82, 2.24) is 4.90 Å². The maximum atomic E-state index is 10.7. The van der Waals surface area contributed by atoms with Crippen LogP contribution in [0.4, 0.5) is 0 Å². The van der Waals surface area contributed by atoms with Gasteiger partial charge in [-0.1, -0.05) is 6.08 Å². The molecule has 1 heterocycles. The number of hydrogen-bond acceptors (Lipinski definition) is 6. The molecule has 7 heteroatoms. The first-order valence-corrected chi connectivity index (χ1v) is 7.16. The summed E-state index contributed by atoms with van der Waals surface area (Å²) in [5, 5.41) is 20.2. The molecule has 0 atom stereocenters. The lowest BCUT2D eigenvalue weighted by Gasteiger charge is -2.38. The smallest absolute Gasteiger partial charge is 0.465 e. The summed E-state index contributed by atoms with van der Waals surface area (Å²) in [4.78, 5) is 12.7. The molecular formula is C14H26BNO5. The van der Waals surface area contributed by atoms with E-state index in [0.717, 1.165) is 5.47 Å². The first kappa shape index (κ1) is 18.2. The van der Waals surface area contributed by atoms with E-state index in [0.29, 0.717) is 26.2 Å². The Balaban J connectivity index is 2.44. The fourth-order valence-electron chi connectivity index (χ4n) is 1.80. The molecule has 0 unspecified atom stereocenters. The minimum absolute atomic E-state index is 0.294. The first-order valence-electron chi connectivity index (χ1n) is 7.16. The molecule has 1 aliphatic heterocycles. The van der Waals surface area contributed by atoms with E-state index in [1.807, 2.05) is 11.0 Å². The van der Waals surface area contributed by atoms with Crippen LogP contribution in [0.25, 0.3) is 0 Å². The van der Waals surface area contributed by atoms with Crippen LogP contribution < -0.4 is 0 Å². The van der Waals surface area contributed by atoms with Gasteiger partial charge in [-0.25, -0.2) is 0 Å². The Kier molecular flexibility index (Phi) is 5.98. The molecule has 0 fully saturated rings. The van der Waals surface area contributed by atoms with Crippen molar-refractivity contribution in [3.8, 4) is 0 Å². The molecule has 0 aromatic heterocycles. The number of esters is 1. The van der Waals surface area contributed by atoms with Gasteiger partial charge in [0.15, 0.2) is 0 Å². The van der Waals surface area contributed by atoms with Crippen molar-refractivity contribution in [2.75, 3.05) is 26.2 Å². The zero-order valence-electron chi connectivity index (χ0n) is 13.5. The molecule has 21 heavy (non-hydrogen) atoms. The Bertz CT molecular complexity index is 403. The summed E-state index contributed by atoms with van der Waals surface area (Å²) >= 11 is 0. The highest BCUT2D eigenvalue weighted by molar-refractivity contribution is 6.52. The highest BCUT2D eigenvalue weighted by atomic mass is 16.5. The molecule has 1 aliphatic rings. The number of nitrogens with zero attached hydrogens (tertiary/aromatic N) is 1. The van der Waals surface area contributed by atoms with E-state index in [4.69, 9.17) is 9.39 Å². The molecule has 6 nitrogen and oxygen atoms in total. The lowest BCUT2D eigenvalue weighted by atomic mass is 9.76. The first-order chi connectivity index (χ1) is 9.53. The molecule has 0 spiro atoms. The van der Waals surface area contributed by atoms with Crippen LogP contribution >= 0.6 is 0 Å². The van der Waals surface area contributed by atoms with Gasteiger partial charge in [0.2, 0.25) is 0 Å². The van der Waals surface area contributed by atoms with E-state index in [1.165, 1.54) is 6.92 Å². The fraction of sp³-hybridized carbons (Fsp3) is 0.786. The van der Waals surface area contributed by atoms with E-state index < -0.39 is 18.3 Å². The molecule has 120 valence electrons. The highest BCUT2D eigenvalue weighted by Gasteiger charge is 2.40. The van der Waals surface area contributed by atoms with Gasteiger partial charge in [0, 0.05) is 26.6 Å². The second-order valence-electron chi connectivity index (χ2n) is 6.39. The van der Waals surface area contributed by atoms with Crippen LogP contribution in [0.1, 0.15) is 34.6 Å². The number of ether oxygens (including phenoxy) is 1. The molecule has 0 saturated heterocycles. The largest absolute Gasteiger partial charge is 0.488 e. The molecular weight excluding hydrogens is 273 g/mol. The number of aliphatic hydroxyl groups is 1. The van der Waals surface area contributed by atoms with Crippen molar-refractivity contribution in [1.29, 1.82) is 0 Å². The third-order valence-electron chi connectivity index (χ3n) is 3.93. The zero-order chi connectivity index (χ0) is 16.3. The molecule has 0 saturated carbocycles. The van der Waals surface area contributed by atoms with Gasteiger partial charge < -0.3 is 19.5 Å². The SMILES string of the molecule is CC(=O)OCCN1CC=C(B(O)OC(C)(C)C(C)(C)O)C1. The predicted octanol–water partition coefficient (Wildman–Crippen LogP) is 0.377. The van der Waals surface area contributed by atoms with Gasteiger partial charge in [-0.2, -0.15) is 0 Å². The van der Waals surface area contributed by atoms with E-state index in [9.17, 15) is 14.9 Å². The van der Waals surface area contributed by atoms with E-state index >= 15 is 0 Å². The lowest BCUT2D eigenvalue weighted by Crippen LogP contribution is -2.51. The van der Waals surface area contributed by atoms with Crippen LogP contribution in [-0.4, -0.2) is 65.6 Å². The lowest BCUT2D eigenvalue weighted by molar-refractivity contribution is -0.141. The van der Waals surface area contributed by atoms with Gasteiger partial charge in [0.1, 0.15) is 6.61 Å². The van der Waals surface area contributed by atoms with Gasteiger partial charge in [-0.3, -0.25) is 9.69 Å². The Morgan fingerprint density at radius 3 is 2.57 bits per heavy atom. The fourth-order valence-corrected chi connectivity index (χ4v) is 1.80. The van der Waals surface area contributed by atoms with Crippen LogP contribution in [0, 0.1) is 0 Å². The Morgan fingerprint density at radius 2 is 2.05 bits per heavy atom. The quantitative estimate of drug-likeness (QED) is 0.522. The summed E-state index contributed by atoms with van der Waals surface area (Å²) in [5.41, 5.74) is -1.18. The predicted molar refractivity (Wildman–Crippen MR) is 80.6 cm³/mol. The summed E-state index contributed by atoms with van der Waals surface area (Å²) in [6.45, 7) is 10.3. The highest BCUT2D eigenvalue weighted by Crippen LogP contribution is 2.27. The van der Waals surface area contributed by atoms with E-state index in [2.05, 4.69) is 0 Å². The molecule has 1 rings (SSSR count). The standard InChI is InChI=1S/C14H26BNO5/c1-11(17)20-9-8-16-7-6-12(10-16)15(19)21-14(4,5)13(2,3)18/h6,18-19H,7-10H2,1-5H3. The third-order valence-corrected chi connectivity index (χ3v) is 3.93. The Morgan fingerprint density at radius 1 is 1.43 bits per heavy atom. The minimum atomic E-state index is -1.07. The van der Waals surface area contributed by atoms with Crippen LogP contribution in [-0.2, 0) is 14.2 Å². The monoisotopic (exact) mass is 299 g/mol. The molecule has 0 amide bonds. The summed E-state index contributed by atoms with van der Waals surface area (Å²) in [6, 6.07) is 0. The van der Waals surface area contributed by atoms with Gasteiger partial charge in [-0.15, -0.1) is 0 Å². The van der Waals surface area contributed by atoms with E-state index in [1.54, 1.807) is 27.7 Å². The van der Waals surface area contributed by atoms with Gasteiger partial charge in [-0.05, 0) is 33.2 Å². The second-order valence-corrected chi connectivity index (χ2v) is 6.39. The van der Waals surface area contributed by atoms with Crippen molar-refractivity contribution < 1.29 is 24.3 Å². The molecule has 0 aliphatic carbocycles. The van der Waals surface area contributed by atoms with Crippen molar-refractivity contribution in [3.05, 3.63) is 11.5 Å². The normalized spacial score (nSPS) is 16.8. The van der Waals surface area contributed by atoms with Crippen molar-refractivity contribution in [2.24, 2.45) is 0 Å². The van der Waals surface area contributed by atoms with Gasteiger partial charge in [0.05, 0.1) is 11.2 Å². The molecule has 0 bridgehead atoms. The summed E-state index contributed by atoms with van der Waals surface area (Å²) in [6.07, 6.45) is 1.90. The zero-order valence-corrected chi connectivity index (χ0v) is 13.5. The minimum Gasteiger partial charge on any atom is -0.465 e. The number of carbonyl (C=O) groups excluding carboxylic acids is 1. The Labute approximate surface area is 126 Å². The van der Waals surface area contributed by atoms with Gasteiger partial charge in [0.25, 0.3) is 0 Å². The van der Waals surface area contributed by atoms with Crippen LogP contribution in [0.5, 0.6) is 0 Å². The van der Waals surface area contributed by atoms with Crippen molar-refractivity contribution in [2.45, 2.75) is 45.8 Å². The second kappa shape index (κ2) is 6.92. The summed E-state index contributed by atoms with van der Waals surface area (Å²) < 4.78 is 10.5. The van der Waals surface area contributed by atoms with Crippen LogP contribution in [0.2, 0.25) is 0 Å². The van der Waals surface area contributed by atoms with Crippen LogP contribution in [0.15, 0.2) is 11.5 Å². The molecule has 0 aromatic rings. The summed E-state index contributed by atoms with van der Waals surface area (Å²) in [5.74, 6) is -0.294. The number of rotatable bonds is 7. The molecule has 0 aromatic carbocycles.